The number of hydrogen-bond acceptors (Lipinski definition) is 8. The van der Waals surface area contributed by atoms with E-state index >= 15 is 0 Å². The van der Waals surface area contributed by atoms with E-state index in [4.69, 9.17) is 37.4 Å². The van der Waals surface area contributed by atoms with Crippen molar-refractivity contribution < 1.29 is 28.6 Å². The lowest BCUT2D eigenvalue weighted by Crippen LogP contribution is -2.36. The third-order valence-corrected chi connectivity index (χ3v) is 8.29. The number of imide groups is 1. The van der Waals surface area contributed by atoms with E-state index < -0.39 is 17.1 Å². The first-order valence-electron chi connectivity index (χ1n) is 13.6. The predicted molar refractivity (Wildman–Crippen MR) is 169 cm³/mol. The maximum Gasteiger partial charge on any atom is 0.294 e. The lowest BCUT2D eigenvalue weighted by atomic mass is 10.1. The Labute approximate surface area is 263 Å². The fourth-order valence-corrected chi connectivity index (χ4v) is 5.66. The molecule has 2 saturated heterocycles. The quantitative estimate of drug-likeness (QED) is 0.251. The largest absolute Gasteiger partial charge is 0.490 e. The number of morpholine rings is 1. The summed E-state index contributed by atoms with van der Waals surface area (Å²) < 4.78 is 17.1. The first-order valence-corrected chi connectivity index (χ1v) is 15.2. The van der Waals surface area contributed by atoms with Crippen LogP contribution in [0.2, 0.25) is 10.0 Å². The van der Waals surface area contributed by atoms with E-state index in [1.807, 2.05) is 25.1 Å². The molecule has 1 N–H and O–H groups in total. The van der Waals surface area contributed by atoms with Crippen molar-refractivity contribution in [2.45, 2.75) is 13.5 Å². The summed E-state index contributed by atoms with van der Waals surface area (Å²) in [7, 11) is 0. The molecule has 3 amide bonds. The lowest BCUT2D eigenvalue weighted by Gasteiger charge is -2.28. The molecule has 0 unspecified atom stereocenters. The predicted octanol–water partition coefficient (Wildman–Crippen LogP) is 6.48. The van der Waals surface area contributed by atoms with E-state index in [9.17, 15) is 14.4 Å². The number of ether oxygens (including phenoxy) is 3. The van der Waals surface area contributed by atoms with Crippen LogP contribution >= 0.6 is 35.0 Å². The highest BCUT2D eigenvalue weighted by molar-refractivity contribution is 8.18. The Morgan fingerprint density at radius 1 is 0.977 bits per heavy atom. The van der Waals surface area contributed by atoms with Gasteiger partial charge in [-0.05, 0) is 84.4 Å². The Balaban J connectivity index is 1.21. The van der Waals surface area contributed by atoms with Crippen LogP contribution in [0.5, 0.6) is 11.5 Å². The maximum atomic E-state index is 13.1. The molecule has 0 aromatic heterocycles. The van der Waals surface area contributed by atoms with Gasteiger partial charge < -0.3 is 24.4 Å². The highest BCUT2D eigenvalue weighted by Gasteiger charge is 2.36. The highest BCUT2D eigenvalue weighted by Crippen LogP contribution is 2.35. The van der Waals surface area contributed by atoms with Gasteiger partial charge in [0.1, 0.15) is 13.2 Å². The smallest absolute Gasteiger partial charge is 0.294 e. The number of nitrogens with one attached hydrogen (secondary N) is 1. The van der Waals surface area contributed by atoms with E-state index in [0.717, 1.165) is 41.0 Å². The molecular weight excluding hydrogens is 613 g/mol. The van der Waals surface area contributed by atoms with Gasteiger partial charge in [0.2, 0.25) is 5.91 Å². The van der Waals surface area contributed by atoms with Crippen molar-refractivity contribution in [3.63, 3.8) is 0 Å². The van der Waals surface area contributed by atoms with Crippen LogP contribution in [0.4, 0.5) is 16.2 Å². The fraction of sp³-hybridized carbons (Fsp3) is 0.258. The zero-order valence-electron chi connectivity index (χ0n) is 23.3. The minimum Gasteiger partial charge on any atom is -0.490 e. The van der Waals surface area contributed by atoms with Crippen LogP contribution in [-0.2, 0) is 20.9 Å². The van der Waals surface area contributed by atoms with Crippen LogP contribution in [0.3, 0.4) is 0 Å². The Morgan fingerprint density at radius 2 is 1.74 bits per heavy atom. The normalized spacial score (nSPS) is 16.1. The van der Waals surface area contributed by atoms with Gasteiger partial charge in [-0.3, -0.25) is 19.3 Å². The number of benzene rings is 3. The molecule has 43 heavy (non-hydrogen) atoms. The second-order valence-corrected chi connectivity index (χ2v) is 11.4. The van der Waals surface area contributed by atoms with Gasteiger partial charge in [-0.1, -0.05) is 35.3 Å². The van der Waals surface area contributed by atoms with Crippen LogP contribution in [0.15, 0.2) is 65.6 Å². The minimum absolute atomic E-state index is 0.208. The third-order valence-electron chi connectivity index (χ3n) is 6.65. The molecule has 0 spiro atoms. The van der Waals surface area contributed by atoms with Crippen LogP contribution in [0.25, 0.3) is 6.08 Å². The van der Waals surface area contributed by atoms with E-state index in [0.29, 0.717) is 52.6 Å². The van der Waals surface area contributed by atoms with Crippen molar-refractivity contribution in [1.82, 2.24) is 4.90 Å². The first kappa shape index (κ1) is 30.7. The maximum absolute atomic E-state index is 13.1. The van der Waals surface area contributed by atoms with Crippen LogP contribution in [-0.4, -0.2) is 61.4 Å². The summed E-state index contributed by atoms with van der Waals surface area (Å²) in [6, 6.07) is 17.9. The molecule has 2 heterocycles. The standard InChI is InChI=1S/C31H29Cl2N3O6S/c1-2-41-27-16-20(4-10-26(27)42-19-21-3-9-24(32)25(33)15-21)17-28-30(38)36(31(39)43-28)18-29(37)34-22-5-7-23(8-6-22)35-11-13-40-14-12-35/h3-10,15-17H,2,11-14,18-19H2,1H3,(H,34,37)/b28-17+. The van der Waals surface area contributed by atoms with E-state index in [1.54, 1.807) is 48.5 Å². The average molecular weight is 643 g/mol. The number of amides is 3. The number of thioether (sulfide) groups is 1. The number of anilines is 2. The van der Waals surface area contributed by atoms with Crippen LogP contribution in [0, 0.1) is 0 Å². The second kappa shape index (κ2) is 14.2. The molecule has 0 saturated carbocycles. The molecule has 2 aliphatic heterocycles. The molecule has 0 radical (unpaired) electrons. The summed E-state index contributed by atoms with van der Waals surface area (Å²) in [5.74, 6) is -0.0159. The van der Waals surface area contributed by atoms with Gasteiger partial charge in [0.15, 0.2) is 11.5 Å². The molecule has 0 bridgehead atoms. The summed E-state index contributed by atoms with van der Waals surface area (Å²) in [6.07, 6.45) is 1.60. The molecule has 2 fully saturated rings. The van der Waals surface area contributed by atoms with Crippen molar-refractivity contribution in [2.75, 3.05) is 49.7 Å². The molecule has 9 nitrogen and oxygen atoms in total. The number of rotatable bonds is 10. The van der Waals surface area contributed by atoms with Gasteiger partial charge in [-0.25, -0.2) is 0 Å². The number of halogens is 2. The Hall–Kier alpha value is -3.70. The van der Waals surface area contributed by atoms with Crippen molar-refractivity contribution >= 4 is 69.5 Å². The average Bonchev–Trinajstić information content (AvgIpc) is 3.26. The number of hydrogen-bond donors (Lipinski definition) is 1. The molecule has 0 atom stereocenters. The number of carbonyl (C=O) groups excluding carboxylic acids is 3. The first-order chi connectivity index (χ1) is 20.8. The van der Waals surface area contributed by atoms with Gasteiger partial charge in [-0.15, -0.1) is 0 Å². The van der Waals surface area contributed by atoms with Crippen molar-refractivity contribution in [2.24, 2.45) is 0 Å². The summed E-state index contributed by atoms with van der Waals surface area (Å²) >= 11 is 12.9. The second-order valence-electron chi connectivity index (χ2n) is 9.64. The molecule has 5 rings (SSSR count). The number of nitrogens with zero attached hydrogens (tertiary/aromatic N) is 2. The Morgan fingerprint density at radius 3 is 2.47 bits per heavy atom. The Bertz CT molecular complexity index is 1540. The monoisotopic (exact) mass is 641 g/mol. The van der Waals surface area contributed by atoms with Crippen LogP contribution < -0.4 is 19.7 Å². The van der Waals surface area contributed by atoms with E-state index in [2.05, 4.69) is 10.2 Å². The molecule has 0 aliphatic carbocycles. The zero-order valence-corrected chi connectivity index (χ0v) is 25.6. The van der Waals surface area contributed by atoms with Crippen molar-refractivity contribution in [3.8, 4) is 11.5 Å². The zero-order chi connectivity index (χ0) is 30.3. The highest BCUT2D eigenvalue weighted by atomic mass is 35.5. The van der Waals surface area contributed by atoms with E-state index in [1.165, 1.54) is 0 Å². The lowest BCUT2D eigenvalue weighted by molar-refractivity contribution is -0.127. The molecular formula is C31H29Cl2N3O6S. The Kier molecular flexibility index (Phi) is 10.1. The van der Waals surface area contributed by atoms with Crippen molar-refractivity contribution in [1.29, 1.82) is 0 Å². The van der Waals surface area contributed by atoms with Gasteiger partial charge in [-0.2, -0.15) is 0 Å². The number of carbonyl (C=O) groups is 3. The van der Waals surface area contributed by atoms with Gasteiger partial charge in [0.05, 0.1) is 34.8 Å². The summed E-state index contributed by atoms with van der Waals surface area (Å²) in [6.45, 7) is 5.08. The van der Waals surface area contributed by atoms with Gasteiger partial charge in [0.25, 0.3) is 11.1 Å². The van der Waals surface area contributed by atoms with Crippen molar-refractivity contribution in [3.05, 3.63) is 86.7 Å². The molecule has 2 aliphatic rings. The molecule has 224 valence electrons. The fourth-order valence-electron chi connectivity index (χ4n) is 4.50. The SMILES string of the molecule is CCOc1cc(/C=C2/SC(=O)N(CC(=O)Nc3ccc(N4CCOCC4)cc3)C2=O)ccc1OCc1ccc(Cl)c(Cl)c1. The van der Waals surface area contributed by atoms with E-state index in [-0.39, 0.29) is 18.1 Å². The molecule has 3 aromatic rings. The summed E-state index contributed by atoms with van der Waals surface area (Å²) in [5, 5.41) is 3.15. The molecule has 12 heteroatoms. The van der Waals surface area contributed by atoms with Crippen LogP contribution in [0.1, 0.15) is 18.1 Å². The third kappa shape index (κ3) is 7.83. The minimum atomic E-state index is -0.536. The summed E-state index contributed by atoms with van der Waals surface area (Å²) in [4.78, 5) is 41.8. The van der Waals surface area contributed by atoms with Gasteiger partial charge in [0, 0.05) is 24.5 Å². The summed E-state index contributed by atoms with van der Waals surface area (Å²) in [5.41, 5.74) is 3.09. The topological polar surface area (TPSA) is 97.4 Å². The molecule has 3 aromatic carbocycles. The van der Waals surface area contributed by atoms with Gasteiger partial charge >= 0.3 is 0 Å².